The Hall–Kier alpha value is -2.61. The molecule has 0 aliphatic heterocycles. The summed E-state index contributed by atoms with van der Waals surface area (Å²) in [4.78, 5) is 12.0. The van der Waals surface area contributed by atoms with E-state index in [2.05, 4.69) is 5.32 Å². The zero-order valence-corrected chi connectivity index (χ0v) is 15.4. The van der Waals surface area contributed by atoms with Gasteiger partial charge in [0.1, 0.15) is 11.6 Å². The van der Waals surface area contributed by atoms with Gasteiger partial charge in [0.2, 0.25) is 15.9 Å². The molecular formula is C18H21FN2O4S. The van der Waals surface area contributed by atoms with Crippen LogP contribution in [0.25, 0.3) is 0 Å². The van der Waals surface area contributed by atoms with Gasteiger partial charge in [-0.25, -0.2) is 12.8 Å². The zero-order valence-electron chi connectivity index (χ0n) is 14.6. The van der Waals surface area contributed by atoms with Gasteiger partial charge >= 0.3 is 0 Å². The van der Waals surface area contributed by atoms with Crippen molar-refractivity contribution in [2.75, 3.05) is 30.8 Å². The van der Waals surface area contributed by atoms with Crippen LogP contribution in [0.2, 0.25) is 0 Å². The molecule has 0 saturated heterocycles. The van der Waals surface area contributed by atoms with Crippen molar-refractivity contribution in [3.05, 3.63) is 59.9 Å². The monoisotopic (exact) mass is 380 g/mol. The Morgan fingerprint density at radius 2 is 1.92 bits per heavy atom. The third kappa shape index (κ3) is 5.45. The summed E-state index contributed by atoms with van der Waals surface area (Å²) in [5.41, 5.74) is 0.948. The number of hydrogen-bond donors (Lipinski definition) is 1. The van der Waals surface area contributed by atoms with E-state index < -0.39 is 15.8 Å². The van der Waals surface area contributed by atoms with Crippen LogP contribution in [0.15, 0.2) is 48.5 Å². The summed E-state index contributed by atoms with van der Waals surface area (Å²) in [6.07, 6.45) is 1.11. The van der Waals surface area contributed by atoms with Crippen molar-refractivity contribution in [1.82, 2.24) is 5.32 Å². The summed E-state index contributed by atoms with van der Waals surface area (Å²) in [6.45, 7) is 0.160. The lowest BCUT2D eigenvalue weighted by atomic mass is 10.1. The van der Waals surface area contributed by atoms with E-state index in [4.69, 9.17) is 4.74 Å². The number of rotatable bonds is 8. The van der Waals surface area contributed by atoms with Gasteiger partial charge in [-0.15, -0.1) is 0 Å². The fourth-order valence-electron chi connectivity index (χ4n) is 2.49. The molecule has 0 bridgehead atoms. The van der Waals surface area contributed by atoms with Crippen molar-refractivity contribution < 1.29 is 22.3 Å². The van der Waals surface area contributed by atoms with E-state index in [-0.39, 0.29) is 25.4 Å². The van der Waals surface area contributed by atoms with Gasteiger partial charge in [0.25, 0.3) is 0 Å². The van der Waals surface area contributed by atoms with Gasteiger partial charge in [0.15, 0.2) is 0 Å². The van der Waals surface area contributed by atoms with E-state index in [1.807, 2.05) is 0 Å². The Kier molecular flexibility index (Phi) is 6.57. The summed E-state index contributed by atoms with van der Waals surface area (Å²) in [7, 11) is -2.10. The molecule has 26 heavy (non-hydrogen) atoms. The average Bonchev–Trinajstić information content (AvgIpc) is 2.57. The molecule has 140 valence electrons. The molecule has 0 unspecified atom stereocenters. The van der Waals surface area contributed by atoms with Gasteiger partial charge in [0.05, 0.1) is 32.0 Å². The van der Waals surface area contributed by atoms with Crippen molar-refractivity contribution in [2.24, 2.45) is 0 Å². The number of nitrogens with zero attached hydrogens (tertiary/aromatic N) is 1. The molecule has 0 heterocycles. The predicted molar refractivity (Wildman–Crippen MR) is 98.3 cm³/mol. The van der Waals surface area contributed by atoms with Crippen molar-refractivity contribution in [3.8, 4) is 5.75 Å². The first-order valence-electron chi connectivity index (χ1n) is 7.93. The van der Waals surface area contributed by atoms with Gasteiger partial charge < -0.3 is 10.1 Å². The Bertz CT molecular complexity index is 871. The number of carbonyl (C=O) groups is 1. The maximum absolute atomic E-state index is 13.1. The minimum absolute atomic E-state index is 0.0191. The SMILES string of the molecule is COc1ccccc1N(CCNC(=O)Cc1cccc(F)c1)S(C)(=O)=O. The van der Waals surface area contributed by atoms with E-state index >= 15 is 0 Å². The summed E-state index contributed by atoms with van der Waals surface area (Å²) < 4.78 is 43.8. The fourth-order valence-corrected chi connectivity index (χ4v) is 3.42. The second-order valence-corrected chi connectivity index (χ2v) is 7.57. The standard InChI is InChI=1S/C18H21FN2O4S/c1-25-17-9-4-3-8-16(17)21(26(2,23)24)11-10-20-18(22)13-14-6-5-7-15(19)12-14/h3-9,12H,10-11,13H2,1-2H3,(H,20,22). The van der Waals surface area contributed by atoms with Crippen LogP contribution in [0.4, 0.5) is 10.1 Å². The summed E-state index contributed by atoms with van der Waals surface area (Å²) in [6, 6.07) is 12.5. The molecule has 0 aromatic heterocycles. The summed E-state index contributed by atoms with van der Waals surface area (Å²) in [5, 5.41) is 2.65. The quantitative estimate of drug-likeness (QED) is 0.760. The number of halogens is 1. The molecule has 2 aromatic carbocycles. The van der Waals surface area contributed by atoms with Gasteiger partial charge in [-0.2, -0.15) is 0 Å². The van der Waals surface area contributed by atoms with Crippen molar-refractivity contribution >= 4 is 21.6 Å². The molecule has 2 rings (SSSR count). The van der Waals surface area contributed by atoms with Gasteiger partial charge in [-0.1, -0.05) is 24.3 Å². The van der Waals surface area contributed by atoms with Crippen LogP contribution in [-0.2, 0) is 21.2 Å². The summed E-state index contributed by atoms with van der Waals surface area (Å²) >= 11 is 0. The lowest BCUT2D eigenvalue weighted by molar-refractivity contribution is -0.120. The largest absolute Gasteiger partial charge is 0.495 e. The highest BCUT2D eigenvalue weighted by Crippen LogP contribution is 2.29. The maximum Gasteiger partial charge on any atom is 0.232 e. The molecular weight excluding hydrogens is 359 g/mol. The first-order valence-corrected chi connectivity index (χ1v) is 9.78. The van der Waals surface area contributed by atoms with Gasteiger partial charge in [0, 0.05) is 6.54 Å². The number of ether oxygens (including phenoxy) is 1. The van der Waals surface area contributed by atoms with Gasteiger partial charge in [-0.05, 0) is 29.8 Å². The molecule has 2 aromatic rings. The number of carbonyl (C=O) groups excluding carboxylic acids is 1. The van der Waals surface area contributed by atoms with E-state index in [1.165, 1.54) is 29.6 Å². The van der Waals surface area contributed by atoms with E-state index in [1.54, 1.807) is 30.3 Å². The minimum Gasteiger partial charge on any atom is -0.495 e. The highest BCUT2D eigenvalue weighted by molar-refractivity contribution is 7.92. The lowest BCUT2D eigenvalue weighted by Gasteiger charge is -2.24. The maximum atomic E-state index is 13.1. The number of anilines is 1. The van der Waals surface area contributed by atoms with Crippen LogP contribution >= 0.6 is 0 Å². The molecule has 1 N–H and O–H groups in total. The van der Waals surface area contributed by atoms with Crippen LogP contribution < -0.4 is 14.4 Å². The number of methoxy groups -OCH3 is 1. The highest BCUT2D eigenvalue weighted by Gasteiger charge is 2.20. The zero-order chi connectivity index (χ0) is 19.2. The predicted octanol–water partition coefficient (Wildman–Crippen LogP) is 1.96. The third-order valence-corrected chi connectivity index (χ3v) is 4.82. The van der Waals surface area contributed by atoms with Crippen LogP contribution in [0.5, 0.6) is 5.75 Å². The molecule has 8 heteroatoms. The van der Waals surface area contributed by atoms with Crippen LogP contribution in [0.1, 0.15) is 5.56 Å². The molecule has 0 atom stereocenters. The Morgan fingerprint density at radius 3 is 2.58 bits per heavy atom. The first-order chi connectivity index (χ1) is 12.3. The van der Waals surface area contributed by atoms with Crippen molar-refractivity contribution in [2.45, 2.75) is 6.42 Å². The van der Waals surface area contributed by atoms with E-state index in [9.17, 15) is 17.6 Å². The topological polar surface area (TPSA) is 75.7 Å². The van der Waals surface area contributed by atoms with Crippen molar-refractivity contribution in [1.29, 1.82) is 0 Å². The van der Waals surface area contributed by atoms with Gasteiger partial charge in [-0.3, -0.25) is 9.10 Å². The lowest BCUT2D eigenvalue weighted by Crippen LogP contribution is -2.38. The number of sulfonamides is 1. The van der Waals surface area contributed by atoms with Crippen LogP contribution in [0, 0.1) is 5.82 Å². The second-order valence-electron chi connectivity index (χ2n) is 5.66. The molecule has 0 fully saturated rings. The smallest absolute Gasteiger partial charge is 0.232 e. The van der Waals surface area contributed by atoms with E-state index in [0.29, 0.717) is 17.0 Å². The minimum atomic E-state index is -3.56. The molecule has 0 saturated carbocycles. The Balaban J connectivity index is 2.01. The number of hydrogen-bond acceptors (Lipinski definition) is 4. The summed E-state index contributed by atoms with van der Waals surface area (Å²) in [5.74, 6) is -0.303. The Labute approximate surface area is 152 Å². The number of amides is 1. The van der Waals surface area contributed by atoms with Crippen LogP contribution in [0.3, 0.4) is 0 Å². The molecule has 0 aliphatic carbocycles. The fraction of sp³-hybridized carbons (Fsp3) is 0.278. The van der Waals surface area contributed by atoms with Crippen molar-refractivity contribution in [3.63, 3.8) is 0 Å². The molecule has 0 radical (unpaired) electrons. The first kappa shape index (κ1) is 19.7. The molecule has 0 spiro atoms. The highest BCUT2D eigenvalue weighted by atomic mass is 32.2. The second kappa shape index (κ2) is 8.66. The number of nitrogens with one attached hydrogen (secondary N) is 1. The molecule has 6 nitrogen and oxygen atoms in total. The molecule has 1 amide bonds. The average molecular weight is 380 g/mol. The van der Waals surface area contributed by atoms with E-state index in [0.717, 1.165) is 6.26 Å². The Morgan fingerprint density at radius 1 is 1.19 bits per heavy atom. The normalized spacial score (nSPS) is 11.0. The third-order valence-electron chi connectivity index (χ3n) is 3.64. The molecule has 0 aliphatic rings. The number of para-hydroxylation sites is 2. The van der Waals surface area contributed by atoms with Crippen LogP contribution in [-0.4, -0.2) is 40.8 Å². The number of benzene rings is 2.